The SMILES string of the molecule is Cc1ccc(C(C)(C)C)cc1S(=O)(=O)Nc1ccc(C(=O)OCC(=O)c2cccc3ccccc23)cc1. The van der Waals surface area contributed by atoms with Crippen molar-refractivity contribution in [1.29, 1.82) is 0 Å². The summed E-state index contributed by atoms with van der Waals surface area (Å²) in [5.74, 6) is -0.973. The van der Waals surface area contributed by atoms with Gasteiger partial charge in [-0.15, -0.1) is 0 Å². The third-order valence-corrected chi connectivity index (χ3v) is 7.66. The lowest BCUT2D eigenvalue weighted by Crippen LogP contribution is -2.17. The van der Waals surface area contributed by atoms with Crippen LogP contribution < -0.4 is 4.72 Å². The van der Waals surface area contributed by atoms with Crippen molar-refractivity contribution < 1.29 is 22.7 Å². The Hall–Kier alpha value is -3.97. The van der Waals surface area contributed by atoms with Gasteiger partial charge in [-0.1, -0.05) is 75.4 Å². The maximum atomic E-state index is 13.1. The highest BCUT2D eigenvalue weighted by atomic mass is 32.2. The summed E-state index contributed by atoms with van der Waals surface area (Å²) in [7, 11) is -3.84. The highest BCUT2D eigenvalue weighted by Gasteiger charge is 2.22. The molecule has 0 unspecified atom stereocenters. The van der Waals surface area contributed by atoms with Gasteiger partial charge in [-0.2, -0.15) is 0 Å². The van der Waals surface area contributed by atoms with Gasteiger partial charge in [0.1, 0.15) is 0 Å². The number of fused-ring (bicyclic) bond motifs is 1. The number of esters is 1. The zero-order chi connectivity index (χ0) is 26.8. The number of aryl methyl sites for hydroxylation is 1. The molecule has 0 fully saturated rings. The van der Waals surface area contributed by atoms with Crippen LogP contribution in [0, 0.1) is 6.92 Å². The number of carbonyl (C=O) groups excluding carboxylic acids is 2. The first kappa shape index (κ1) is 26.1. The van der Waals surface area contributed by atoms with Gasteiger partial charge in [-0.3, -0.25) is 9.52 Å². The molecule has 4 rings (SSSR count). The lowest BCUT2D eigenvalue weighted by atomic mass is 9.87. The number of carbonyl (C=O) groups is 2. The van der Waals surface area contributed by atoms with Crippen molar-refractivity contribution in [2.24, 2.45) is 0 Å². The number of sulfonamides is 1. The van der Waals surface area contributed by atoms with Crippen LogP contribution in [-0.4, -0.2) is 26.8 Å². The maximum Gasteiger partial charge on any atom is 0.338 e. The Kier molecular flexibility index (Phi) is 7.18. The van der Waals surface area contributed by atoms with Gasteiger partial charge in [0.2, 0.25) is 5.78 Å². The molecule has 0 saturated heterocycles. The van der Waals surface area contributed by atoms with Gasteiger partial charge in [0.25, 0.3) is 10.0 Å². The molecule has 4 aromatic rings. The van der Waals surface area contributed by atoms with Crippen molar-refractivity contribution in [2.45, 2.75) is 38.0 Å². The zero-order valence-electron chi connectivity index (χ0n) is 21.2. The van der Waals surface area contributed by atoms with E-state index in [4.69, 9.17) is 4.74 Å². The van der Waals surface area contributed by atoms with E-state index in [2.05, 4.69) is 4.72 Å². The highest BCUT2D eigenvalue weighted by molar-refractivity contribution is 7.92. The van der Waals surface area contributed by atoms with Crippen LogP contribution in [0.1, 0.15) is 52.6 Å². The number of nitrogens with one attached hydrogen (secondary N) is 1. The van der Waals surface area contributed by atoms with Crippen LogP contribution in [-0.2, 0) is 20.2 Å². The molecule has 0 aliphatic carbocycles. The molecule has 0 aliphatic heterocycles. The van der Waals surface area contributed by atoms with E-state index in [1.165, 1.54) is 24.3 Å². The Balaban J connectivity index is 1.44. The predicted octanol–water partition coefficient (Wildman–Crippen LogP) is 6.29. The lowest BCUT2D eigenvalue weighted by Gasteiger charge is -2.21. The number of hydrogen-bond acceptors (Lipinski definition) is 5. The topological polar surface area (TPSA) is 89.5 Å². The summed E-state index contributed by atoms with van der Waals surface area (Å²) in [5.41, 5.74) is 2.35. The largest absolute Gasteiger partial charge is 0.454 e. The van der Waals surface area contributed by atoms with Gasteiger partial charge in [0.15, 0.2) is 6.61 Å². The van der Waals surface area contributed by atoms with Crippen LogP contribution >= 0.6 is 0 Å². The molecular formula is C30H29NO5S. The summed E-state index contributed by atoms with van der Waals surface area (Å²) >= 11 is 0. The van der Waals surface area contributed by atoms with Gasteiger partial charge < -0.3 is 4.74 Å². The standard InChI is InChI=1S/C30H29NO5S/c1-20-12-15-23(30(2,3)4)18-28(20)37(34,35)31-24-16-13-22(14-17-24)29(33)36-19-27(32)26-11-7-9-21-8-5-6-10-25(21)26/h5-18,31H,19H2,1-4H3. The molecule has 4 aromatic carbocycles. The van der Waals surface area contributed by atoms with Crippen LogP contribution in [0.3, 0.4) is 0 Å². The second-order valence-electron chi connectivity index (χ2n) is 9.94. The fraction of sp³-hybridized carbons (Fsp3) is 0.200. The van der Waals surface area contributed by atoms with Crippen molar-refractivity contribution in [3.8, 4) is 0 Å². The summed E-state index contributed by atoms with van der Waals surface area (Å²) in [5, 5.41) is 1.73. The summed E-state index contributed by atoms with van der Waals surface area (Å²) in [6.07, 6.45) is 0. The summed E-state index contributed by atoms with van der Waals surface area (Å²) in [6, 6.07) is 24.2. The molecule has 0 atom stereocenters. The molecule has 7 heteroatoms. The third-order valence-electron chi connectivity index (χ3n) is 6.14. The fourth-order valence-electron chi connectivity index (χ4n) is 4.00. The van der Waals surface area contributed by atoms with Crippen LogP contribution in [0.5, 0.6) is 0 Å². The first-order chi connectivity index (χ1) is 17.5. The minimum absolute atomic E-state index is 0.199. The van der Waals surface area contributed by atoms with Crippen molar-refractivity contribution in [3.63, 3.8) is 0 Å². The van der Waals surface area contributed by atoms with Gasteiger partial charge in [0, 0.05) is 11.3 Å². The molecule has 0 aromatic heterocycles. The fourth-order valence-corrected chi connectivity index (χ4v) is 5.33. The zero-order valence-corrected chi connectivity index (χ0v) is 22.1. The third kappa shape index (κ3) is 5.89. The maximum absolute atomic E-state index is 13.1. The smallest absolute Gasteiger partial charge is 0.338 e. The predicted molar refractivity (Wildman–Crippen MR) is 146 cm³/mol. The number of ketones is 1. The van der Waals surface area contributed by atoms with Crippen molar-refractivity contribution in [2.75, 3.05) is 11.3 Å². The number of anilines is 1. The Morgan fingerprint density at radius 1 is 0.865 bits per heavy atom. The van der Waals surface area contributed by atoms with Crippen LogP contribution in [0.2, 0.25) is 0 Å². The molecule has 37 heavy (non-hydrogen) atoms. The molecule has 0 heterocycles. The number of Topliss-reactive ketones (excluding diaryl/α,β-unsaturated/α-hetero) is 1. The van der Waals surface area contributed by atoms with E-state index in [9.17, 15) is 18.0 Å². The van der Waals surface area contributed by atoms with E-state index in [-0.39, 0.29) is 21.7 Å². The van der Waals surface area contributed by atoms with E-state index in [1.807, 2.05) is 57.2 Å². The molecule has 6 nitrogen and oxygen atoms in total. The number of benzene rings is 4. The average Bonchev–Trinajstić information content (AvgIpc) is 2.86. The number of hydrogen-bond donors (Lipinski definition) is 1. The van der Waals surface area contributed by atoms with Gasteiger partial charge >= 0.3 is 5.97 Å². The summed E-state index contributed by atoms with van der Waals surface area (Å²) in [6.45, 7) is 7.42. The van der Waals surface area contributed by atoms with Crippen LogP contribution in [0.15, 0.2) is 89.8 Å². The van der Waals surface area contributed by atoms with Gasteiger partial charge in [-0.25, -0.2) is 13.2 Å². The monoisotopic (exact) mass is 515 g/mol. The van der Waals surface area contributed by atoms with E-state index >= 15 is 0 Å². The van der Waals surface area contributed by atoms with E-state index in [0.717, 1.165) is 16.3 Å². The van der Waals surface area contributed by atoms with E-state index < -0.39 is 22.6 Å². The van der Waals surface area contributed by atoms with Crippen LogP contribution in [0.25, 0.3) is 10.8 Å². The Labute approximate surface area is 217 Å². The number of rotatable bonds is 7. The van der Waals surface area contributed by atoms with Crippen molar-refractivity contribution in [1.82, 2.24) is 0 Å². The summed E-state index contributed by atoms with van der Waals surface area (Å²) < 4.78 is 34.0. The van der Waals surface area contributed by atoms with E-state index in [0.29, 0.717) is 16.8 Å². The molecule has 0 aliphatic rings. The van der Waals surface area contributed by atoms with Gasteiger partial charge in [-0.05, 0) is 64.6 Å². The average molecular weight is 516 g/mol. The molecule has 0 saturated carbocycles. The Morgan fingerprint density at radius 3 is 2.24 bits per heavy atom. The van der Waals surface area contributed by atoms with E-state index in [1.54, 1.807) is 31.2 Å². The molecule has 0 spiro atoms. The highest BCUT2D eigenvalue weighted by Crippen LogP contribution is 2.28. The molecular weight excluding hydrogens is 486 g/mol. The Morgan fingerprint density at radius 2 is 1.54 bits per heavy atom. The van der Waals surface area contributed by atoms with Crippen molar-refractivity contribution >= 4 is 38.2 Å². The number of ether oxygens (including phenoxy) is 1. The summed E-state index contributed by atoms with van der Waals surface area (Å²) in [4.78, 5) is 25.4. The molecule has 0 bridgehead atoms. The molecule has 0 radical (unpaired) electrons. The molecule has 1 N–H and O–H groups in total. The van der Waals surface area contributed by atoms with Gasteiger partial charge in [0.05, 0.1) is 10.5 Å². The normalized spacial score (nSPS) is 11.8. The van der Waals surface area contributed by atoms with Crippen molar-refractivity contribution in [3.05, 3.63) is 107 Å². The minimum Gasteiger partial charge on any atom is -0.454 e. The first-order valence-corrected chi connectivity index (χ1v) is 13.4. The second kappa shape index (κ2) is 10.2. The lowest BCUT2D eigenvalue weighted by molar-refractivity contribution is 0.0475. The minimum atomic E-state index is -3.84. The quantitative estimate of drug-likeness (QED) is 0.231. The molecule has 0 amide bonds. The first-order valence-electron chi connectivity index (χ1n) is 11.9. The van der Waals surface area contributed by atoms with Crippen LogP contribution in [0.4, 0.5) is 5.69 Å². The molecule has 190 valence electrons. The Bertz CT molecular complexity index is 1580. The second-order valence-corrected chi connectivity index (χ2v) is 11.6.